The molecule has 2 heterocycles. The lowest BCUT2D eigenvalue weighted by atomic mass is 10.1. The quantitative estimate of drug-likeness (QED) is 0.387. The maximum absolute atomic E-state index is 12.5. The summed E-state index contributed by atoms with van der Waals surface area (Å²) in [6, 6.07) is 22.6. The Morgan fingerprint density at radius 1 is 0.969 bits per heavy atom. The molecule has 5 rings (SSSR count). The first-order valence-corrected chi connectivity index (χ1v) is 12.1. The highest BCUT2D eigenvalue weighted by Gasteiger charge is 2.18. The van der Waals surface area contributed by atoms with Crippen molar-refractivity contribution in [2.24, 2.45) is 0 Å². The minimum atomic E-state index is 0.0253. The molecule has 1 aliphatic carbocycles. The van der Waals surface area contributed by atoms with Crippen LogP contribution >= 0.6 is 11.8 Å². The van der Waals surface area contributed by atoms with E-state index in [1.807, 2.05) is 48.7 Å². The van der Waals surface area contributed by atoms with Gasteiger partial charge in [-0.2, -0.15) is 0 Å². The molecule has 2 aromatic carbocycles. The number of fused-ring (bicyclic) bond motifs is 1. The molecule has 0 spiro atoms. The van der Waals surface area contributed by atoms with Crippen LogP contribution < -0.4 is 5.32 Å². The van der Waals surface area contributed by atoms with Gasteiger partial charge in [-0.3, -0.25) is 9.36 Å². The van der Waals surface area contributed by atoms with E-state index in [4.69, 9.17) is 4.98 Å². The van der Waals surface area contributed by atoms with Crippen molar-refractivity contribution in [3.63, 3.8) is 0 Å². The summed E-state index contributed by atoms with van der Waals surface area (Å²) < 4.78 is 2.16. The molecule has 162 valence electrons. The summed E-state index contributed by atoms with van der Waals surface area (Å²) >= 11 is 1.72. The van der Waals surface area contributed by atoms with Gasteiger partial charge in [0.2, 0.25) is 0 Å². The average Bonchev–Trinajstić information content (AvgIpc) is 3.47. The molecule has 5 nitrogen and oxygen atoms in total. The second-order valence-electron chi connectivity index (χ2n) is 8.25. The third-order valence-corrected chi connectivity index (χ3v) is 6.97. The molecule has 0 radical (unpaired) electrons. The number of imidazole rings is 1. The highest BCUT2D eigenvalue weighted by atomic mass is 32.2. The molecule has 6 heteroatoms. The second-order valence-corrected chi connectivity index (χ2v) is 9.20. The van der Waals surface area contributed by atoms with Crippen molar-refractivity contribution in [2.75, 3.05) is 0 Å². The van der Waals surface area contributed by atoms with Gasteiger partial charge in [0.1, 0.15) is 5.52 Å². The third-order valence-electron chi connectivity index (χ3n) is 5.93. The Kier molecular flexibility index (Phi) is 6.21. The van der Waals surface area contributed by atoms with E-state index in [0.717, 1.165) is 40.5 Å². The summed E-state index contributed by atoms with van der Waals surface area (Å²) in [5.41, 5.74) is 4.88. The molecular weight excluding hydrogens is 416 g/mol. The zero-order valence-electron chi connectivity index (χ0n) is 17.9. The summed E-state index contributed by atoms with van der Waals surface area (Å²) in [6.45, 7) is 0.662. The summed E-state index contributed by atoms with van der Waals surface area (Å²) in [7, 11) is 0. The number of pyridine rings is 1. The lowest BCUT2D eigenvalue weighted by Gasteiger charge is -2.12. The number of nitrogens with one attached hydrogen (secondary N) is 1. The van der Waals surface area contributed by atoms with Gasteiger partial charge in [-0.25, -0.2) is 9.97 Å². The molecule has 1 amide bonds. The Hall–Kier alpha value is -3.12. The van der Waals surface area contributed by atoms with Gasteiger partial charge in [0, 0.05) is 23.6 Å². The Balaban J connectivity index is 1.34. The maximum Gasteiger partial charge on any atom is 0.251 e. The predicted molar refractivity (Wildman–Crippen MR) is 129 cm³/mol. The molecule has 0 unspecified atom stereocenters. The van der Waals surface area contributed by atoms with Crippen LogP contribution in [0.5, 0.6) is 0 Å². The monoisotopic (exact) mass is 442 g/mol. The third kappa shape index (κ3) is 4.70. The van der Waals surface area contributed by atoms with Crippen molar-refractivity contribution in [1.82, 2.24) is 19.9 Å². The van der Waals surface area contributed by atoms with Crippen LogP contribution in [0.2, 0.25) is 0 Å². The molecule has 1 N–H and O–H groups in total. The maximum atomic E-state index is 12.5. The summed E-state index contributed by atoms with van der Waals surface area (Å²) in [5, 5.41) is 4.11. The van der Waals surface area contributed by atoms with Gasteiger partial charge in [0.25, 0.3) is 5.91 Å². The SMILES string of the molecule is O=C(NC1CCCC1)c1ccc(Cn2c(SCc3ccccc3)nc3cccnc32)cc1. The van der Waals surface area contributed by atoms with E-state index >= 15 is 0 Å². The highest BCUT2D eigenvalue weighted by molar-refractivity contribution is 7.98. The second kappa shape index (κ2) is 9.57. The van der Waals surface area contributed by atoms with Crippen LogP contribution in [0.15, 0.2) is 78.1 Å². The molecule has 1 saturated carbocycles. The average molecular weight is 443 g/mol. The van der Waals surface area contributed by atoms with Crippen molar-refractivity contribution in [3.05, 3.63) is 89.6 Å². The van der Waals surface area contributed by atoms with Crippen LogP contribution in [0.3, 0.4) is 0 Å². The number of benzene rings is 2. The van der Waals surface area contributed by atoms with Crippen LogP contribution in [-0.2, 0) is 12.3 Å². The van der Waals surface area contributed by atoms with Gasteiger partial charge in [0.05, 0.1) is 6.54 Å². The van der Waals surface area contributed by atoms with Crippen molar-refractivity contribution >= 4 is 28.8 Å². The fourth-order valence-corrected chi connectivity index (χ4v) is 5.15. The van der Waals surface area contributed by atoms with Crippen molar-refractivity contribution in [1.29, 1.82) is 0 Å². The van der Waals surface area contributed by atoms with E-state index in [1.165, 1.54) is 18.4 Å². The van der Waals surface area contributed by atoms with Gasteiger partial charge in [-0.05, 0) is 48.2 Å². The van der Waals surface area contributed by atoms with E-state index in [-0.39, 0.29) is 5.91 Å². The summed E-state index contributed by atoms with van der Waals surface area (Å²) in [4.78, 5) is 21.9. The molecule has 4 aromatic rings. The fraction of sp³-hybridized carbons (Fsp3) is 0.269. The Morgan fingerprint density at radius 2 is 1.75 bits per heavy atom. The van der Waals surface area contributed by atoms with Crippen LogP contribution in [-0.4, -0.2) is 26.5 Å². The molecule has 2 aromatic heterocycles. The first kappa shape index (κ1) is 20.8. The number of carbonyl (C=O) groups excluding carboxylic acids is 1. The number of thioether (sulfide) groups is 1. The largest absolute Gasteiger partial charge is 0.349 e. The topological polar surface area (TPSA) is 59.8 Å². The Morgan fingerprint density at radius 3 is 2.53 bits per heavy atom. The zero-order valence-corrected chi connectivity index (χ0v) is 18.7. The van der Waals surface area contributed by atoms with E-state index in [2.05, 4.69) is 39.1 Å². The molecule has 32 heavy (non-hydrogen) atoms. The van der Waals surface area contributed by atoms with Crippen LogP contribution in [0.4, 0.5) is 0 Å². The molecule has 0 aliphatic heterocycles. The van der Waals surface area contributed by atoms with Crippen molar-refractivity contribution in [2.45, 2.75) is 49.2 Å². The summed E-state index contributed by atoms with van der Waals surface area (Å²) in [6.07, 6.45) is 6.41. The van der Waals surface area contributed by atoms with Crippen LogP contribution in [0.1, 0.15) is 47.2 Å². The molecule has 0 saturated heterocycles. The van der Waals surface area contributed by atoms with E-state index < -0.39 is 0 Å². The van der Waals surface area contributed by atoms with Gasteiger partial charge in [-0.15, -0.1) is 0 Å². The van der Waals surface area contributed by atoms with E-state index in [9.17, 15) is 4.79 Å². The number of aromatic nitrogens is 3. The number of nitrogens with zero attached hydrogens (tertiary/aromatic N) is 3. The minimum Gasteiger partial charge on any atom is -0.349 e. The number of hydrogen-bond acceptors (Lipinski definition) is 4. The van der Waals surface area contributed by atoms with Gasteiger partial charge >= 0.3 is 0 Å². The summed E-state index contributed by atoms with van der Waals surface area (Å²) in [5.74, 6) is 0.877. The normalized spacial score (nSPS) is 14.1. The van der Waals surface area contributed by atoms with Crippen molar-refractivity contribution < 1.29 is 4.79 Å². The lowest BCUT2D eigenvalue weighted by Crippen LogP contribution is -2.32. The number of carbonyl (C=O) groups is 1. The first-order chi connectivity index (χ1) is 15.8. The van der Waals surface area contributed by atoms with Gasteiger partial charge in [0.15, 0.2) is 10.8 Å². The number of amides is 1. The van der Waals surface area contributed by atoms with Gasteiger partial charge < -0.3 is 5.32 Å². The minimum absolute atomic E-state index is 0.0253. The van der Waals surface area contributed by atoms with E-state index in [0.29, 0.717) is 18.2 Å². The van der Waals surface area contributed by atoms with Crippen LogP contribution in [0.25, 0.3) is 11.2 Å². The standard InChI is InChI=1S/C26H26N4OS/c31-25(28-22-9-4-5-10-22)21-14-12-19(13-15-21)17-30-24-23(11-6-16-27-24)29-26(30)32-18-20-7-2-1-3-8-20/h1-3,6-8,11-16,22H,4-5,9-10,17-18H2,(H,28,31). The Labute approximate surface area is 192 Å². The molecule has 1 fully saturated rings. The molecule has 0 bridgehead atoms. The van der Waals surface area contributed by atoms with Crippen molar-refractivity contribution in [3.8, 4) is 0 Å². The van der Waals surface area contributed by atoms with Gasteiger partial charge in [-0.1, -0.05) is 67.1 Å². The van der Waals surface area contributed by atoms with Crippen LogP contribution in [0, 0.1) is 0 Å². The number of rotatable bonds is 7. The molecule has 0 atom stereocenters. The fourth-order valence-electron chi connectivity index (χ4n) is 4.20. The molecular formula is C26H26N4OS. The lowest BCUT2D eigenvalue weighted by molar-refractivity contribution is 0.0938. The molecule has 1 aliphatic rings. The zero-order chi connectivity index (χ0) is 21.8. The smallest absolute Gasteiger partial charge is 0.251 e. The first-order valence-electron chi connectivity index (χ1n) is 11.1. The highest BCUT2D eigenvalue weighted by Crippen LogP contribution is 2.27. The van der Waals surface area contributed by atoms with E-state index in [1.54, 1.807) is 11.8 Å². The number of hydrogen-bond donors (Lipinski definition) is 1. The Bertz CT molecular complexity index is 1200. The predicted octanol–water partition coefficient (Wildman–Crippen LogP) is 5.44.